The number of fused-ring (bicyclic) bond motifs is 3. The molecule has 0 saturated carbocycles. The summed E-state index contributed by atoms with van der Waals surface area (Å²) in [5.74, 6) is 1.32. The highest BCUT2D eigenvalue weighted by Gasteiger charge is 2.34. The third-order valence-corrected chi connectivity index (χ3v) is 6.89. The third kappa shape index (κ3) is 2.92. The molecule has 0 fully saturated rings. The van der Waals surface area contributed by atoms with Crippen LogP contribution in [0.15, 0.2) is 40.8 Å². The number of halogens is 1. The fourth-order valence-corrected chi connectivity index (χ4v) is 5.44. The van der Waals surface area contributed by atoms with Gasteiger partial charge in [0, 0.05) is 23.5 Å². The van der Waals surface area contributed by atoms with E-state index in [1.807, 2.05) is 36.4 Å². The molecule has 1 aromatic carbocycles. The summed E-state index contributed by atoms with van der Waals surface area (Å²) < 4.78 is 6.02. The molecule has 0 saturated heterocycles. The van der Waals surface area contributed by atoms with Gasteiger partial charge in [-0.15, -0.1) is 11.3 Å². The number of carbonyl (C=O) groups excluding carboxylic acids is 1. The Labute approximate surface area is 172 Å². The van der Waals surface area contributed by atoms with Gasteiger partial charge in [-0.1, -0.05) is 30.7 Å². The summed E-state index contributed by atoms with van der Waals surface area (Å²) in [4.78, 5) is 16.6. The second kappa shape index (κ2) is 6.95. The SMILES string of the molecule is CCN1CCc2c(sc3c2C(=O)N[C@@H](c2ccc(-c4ccccc4Cl)o2)N3)C1. The van der Waals surface area contributed by atoms with Crippen LogP contribution in [-0.4, -0.2) is 23.9 Å². The number of nitrogens with zero attached hydrogens (tertiary/aromatic N) is 1. The summed E-state index contributed by atoms with van der Waals surface area (Å²) in [6.07, 6.45) is 0.533. The molecule has 0 bridgehead atoms. The second-order valence-corrected chi connectivity index (χ2v) is 8.57. The smallest absolute Gasteiger partial charge is 0.256 e. The molecule has 0 aliphatic carbocycles. The van der Waals surface area contributed by atoms with Crippen LogP contribution in [0.1, 0.15) is 39.6 Å². The molecule has 7 heteroatoms. The summed E-state index contributed by atoms with van der Waals surface area (Å²) in [6, 6.07) is 11.3. The molecule has 1 amide bonds. The molecule has 2 aliphatic heterocycles. The topological polar surface area (TPSA) is 57.5 Å². The lowest BCUT2D eigenvalue weighted by molar-refractivity contribution is 0.0930. The summed E-state index contributed by atoms with van der Waals surface area (Å²) in [5.41, 5.74) is 2.85. The summed E-state index contributed by atoms with van der Waals surface area (Å²) in [5, 5.41) is 8.07. The van der Waals surface area contributed by atoms with Gasteiger partial charge in [0.2, 0.25) is 0 Å². The quantitative estimate of drug-likeness (QED) is 0.641. The zero-order chi connectivity index (χ0) is 19.3. The van der Waals surface area contributed by atoms with E-state index in [2.05, 4.69) is 22.5 Å². The van der Waals surface area contributed by atoms with Crippen LogP contribution in [0.5, 0.6) is 0 Å². The van der Waals surface area contributed by atoms with Gasteiger partial charge in [0.25, 0.3) is 5.91 Å². The number of carbonyl (C=O) groups is 1. The Morgan fingerprint density at radius 2 is 2.11 bits per heavy atom. The average Bonchev–Trinajstić information content (AvgIpc) is 3.32. The molecule has 3 aromatic rings. The monoisotopic (exact) mass is 413 g/mol. The first kappa shape index (κ1) is 17.8. The Bertz CT molecular complexity index is 1060. The summed E-state index contributed by atoms with van der Waals surface area (Å²) in [6.45, 7) is 5.12. The Morgan fingerprint density at radius 1 is 1.25 bits per heavy atom. The number of amides is 1. The molecule has 0 unspecified atom stereocenters. The third-order valence-electron chi connectivity index (χ3n) is 5.41. The Kier molecular flexibility index (Phi) is 4.42. The van der Waals surface area contributed by atoms with Crippen molar-refractivity contribution < 1.29 is 9.21 Å². The van der Waals surface area contributed by atoms with Crippen molar-refractivity contribution in [3.05, 3.63) is 63.2 Å². The number of hydrogen-bond donors (Lipinski definition) is 2. The highest BCUT2D eigenvalue weighted by atomic mass is 35.5. The van der Waals surface area contributed by atoms with Gasteiger partial charge in [-0.2, -0.15) is 0 Å². The molecule has 1 atom stereocenters. The van der Waals surface area contributed by atoms with E-state index in [-0.39, 0.29) is 5.91 Å². The number of anilines is 1. The number of rotatable bonds is 3. The minimum atomic E-state index is -0.390. The first-order valence-electron chi connectivity index (χ1n) is 9.43. The fourth-order valence-electron chi connectivity index (χ4n) is 3.89. The minimum Gasteiger partial charge on any atom is -0.457 e. The first-order chi connectivity index (χ1) is 13.6. The van der Waals surface area contributed by atoms with E-state index in [1.165, 1.54) is 10.4 Å². The fraction of sp³-hybridized carbons (Fsp3) is 0.286. The van der Waals surface area contributed by atoms with Gasteiger partial charge < -0.3 is 15.1 Å². The van der Waals surface area contributed by atoms with E-state index in [0.717, 1.165) is 42.2 Å². The first-order valence-corrected chi connectivity index (χ1v) is 10.6. The van der Waals surface area contributed by atoms with Crippen molar-refractivity contribution in [2.45, 2.75) is 26.1 Å². The molecule has 28 heavy (non-hydrogen) atoms. The maximum Gasteiger partial charge on any atom is 0.256 e. The van der Waals surface area contributed by atoms with Gasteiger partial charge in [-0.3, -0.25) is 9.69 Å². The normalized spacial score (nSPS) is 18.9. The van der Waals surface area contributed by atoms with Gasteiger partial charge in [0.1, 0.15) is 16.5 Å². The predicted octanol–water partition coefficient (Wildman–Crippen LogP) is 4.89. The van der Waals surface area contributed by atoms with Crippen LogP contribution in [0.2, 0.25) is 5.02 Å². The average molecular weight is 414 g/mol. The molecule has 4 heterocycles. The van der Waals surface area contributed by atoms with Crippen molar-refractivity contribution in [2.75, 3.05) is 18.4 Å². The number of benzene rings is 1. The largest absolute Gasteiger partial charge is 0.457 e. The molecular formula is C21H20ClN3O2S. The van der Waals surface area contributed by atoms with Crippen LogP contribution in [0, 0.1) is 0 Å². The van der Waals surface area contributed by atoms with E-state index in [0.29, 0.717) is 16.5 Å². The van der Waals surface area contributed by atoms with Gasteiger partial charge in [-0.05, 0) is 42.8 Å². The predicted molar refractivity (Wildman–Crippen MR) is 112 cm³/mol. The zero-order valence-electron chi connectivity index (χ0n) is 15.4. The number of likely N-dealkylation sites (N-methyl/N-ethyl adjacent to an activating group) is 1. The highest BCUT2D eigenvalue weighted by Crippen LogP contribution is 2.41. The number of thiophene rings is 1. The molecule has 2 N–H and O–H groups in total. The van der Waals surface area contributed by atoms with E-state index in [9.17, 15) is 4.79 Å². The molecule has 5 nitrogen and oxygen atoms in total. The summed E-state index contributed by atoms with van der Waals surface area (Å²) in [7, 11) is 0. The lowest BCUT2D eigenvalue weighted by atomic mass is 10.0. The van der Waals surface area contributed by atoms with Crippen molar-refractivity contribution in [3.63, 3.8) is 0 Å². The molecule has 144 valence electrons. The summed E-state index contributed by atoms with van der Waals surface area (Å²) >= 11 is 7.97. The van der Waals surface area contributed by atoms with Gasteiger partial charge >= 0.3 is 0 Å². The van der Waals surface area contributed by atoms with Gasteiger partial charge in [0.05, 0.1) is 10.6 Å². The standard InChI is InChI=1S/C21H20ClN3O2S/c1-2-25-10-9-13-17(11-25)28-21-18(13)20(26)23-19(24-21)16-8-7-15(27-16)12-5-3-4-6-14(12)22/h3-8,19,24H,2,9-11H2,1H3,(H,23,26)/t19-/m1/s1. The lowest BCUT2D eigenvalue weighted by Gasteiger charge is -2.27. The van der Waals surface area contributed by atoms with E-state index in [1.54, 1.807) is 11.3 Å². The molecule has 0 spiro atoms. The number of hydrogen-bond acceptors (Lipinski definition) is 5. The minimum absolute atomic E-state index is 0.0307. The molecule has 0 radical (unpaired) electrons. The molecule has 2 aromatic heterocycles. The van der Waals surface area contributed by atoms with Crippen molar-refractivity contribution in [2.24, 2.45) is 0 Å². The Hall–Kier alpha value is -2.28. The lowest BCUT2D eigenvalue weighted by Crippen LogP contribution is -2.38. The molecule has 2 aliphatic rings. The van der Waals surface area contributed by atoms with Crippen LogP contribution in [0.4, 0.5) is 5.00 Å². The van der Waals surface area contributed by atoms with Crippen LogP contribution >= 0.6 is 22.9 Å². The van der Waals surface area contributed by atoms with Crippen molar-refractivity contribution in [1.82, 2.24) is 10.2 Å². The van der Waals surface area contributed by atoms with Crippen LogP contribution in [-0.2, 0) is 13.0 Å². The highest BCUT2D eigenvalue weighted by molar-refractivity contribution is 7.16. The Balaban J connectivity index is 1.44. The van der Waals surface area contributed by atoms with Crippen LogP contribution in [0.25, 0.3) is 11.3 Å². The maximum atomic E-state index is 12.9. The van der Waals surface area contributed by atoms with Crippen molar-refractivity contribution in [1.29, 1.82) is 0 Å². The van der Waals surface area contributed by atoms with Gasteiger partial charge in [-0.25, -0.2) is 0 Å². The van der Waals surface area contributed by atoms with Crippen molar-refractivity contribution >= 4 is 33.8 Å². The second-order valence-electron chi connectivity index (χ2n) is 7.06. The Morgan fingerprint density at radius 3 is 2.93 bits per heavy atom. The van der Waals surface area contributed by atoms with Crippen molar-refractivity contribution in [3.8, 4) is 11.3 Å². The molecule has 5 rings (SSSR count). The zero-order valence-corrected chi connectivity index (χ0v) is 17.0. The van der Waals surface area contributed by atoms with E-state index in [4.69, 9.17) is 16.0 Å². The van der Waals surface area contributed by atoms with E-state index >= 15 is 0 Å². The van der Waals surface area contributed by atoms with Gasteiger partial charge in [0.15, 0.2) is 6.17 Å². The maximum absolute atomic E-state index is 12.9. The molecular weight excluding hydrogens is 394 g/mol. The number of nitrogens with one attached hydrogen (secondary N) is 2. The van der Waals surface area contributed by atoms with E-state index < -0.39 is 6.17 Å². The van der Waals surface area contributed by atoms with Crippen LogP contribution < -0.4 is 10.6 Å². The number of furan rings is 1. The van der Waals surface area contributed by atoms with Crippen LogP contribution in [0.3, 0.4) is 0 Å².